The van der Waals surface area contributed by atoms with Gasteiger partial charge in [0.05, 0.1) is 33.0 Å². The maximum Gasteiger partial charge on any atom is 0.161 e. The van der Waals surface area contributed by atoms with E-state index in [0.29, 0.717) is 57.7 Å². The van der Waals surface area contributed by atoms with Crippen LogP contribution in [-0.4, -0.2) is 58.0 Å². The van der Waals surface area contributed by atoms with Gasteiger partial charge >= 0.3 is 0 Å². The first-order valence-corrected chi connectivity index (χ1v) is 9.10. The summed E-state index contributed by atoms with van der Waals surface area (Å²) in [6.07, 6.45) is 0. The van der Waals surface area contributed by atoms with Crippen molar-refractivity contribution in [3.8, 4) is 17.2 Å². The van der Waals surface area contributed by atoms with Gasteiger partial charge in [0.2, 0.25) is 0 Å². The predicted octanol–water partition coefficient (Wildman–Crippen LogP) is 2.86. The molecule has 27 heavy (non-hydrogen) atoms. The number of rotatable bonds is 14. The molecule has 0 aliphatic rings. The molecule has 0 bridgehead atoms. The van der Waals surface area contributed by atoms with Crippen molar-refractivity contribution in [2.75, 3.05) is 52.9 Å². The number of hydrogen-bond acceptors (Lipinski definition) is 6. The largest absolute Gasteiger partial charge is 0.491 e. The number of benzene rings is 2. The standard InChI is InChI=1S/C21H28O6/c1-18-6-2-3-7-19(18)25-15-13-24-14-17-27-21-9-5-4-8-20(21)26-16-12-23-11-10-22/h2-9,22H,10-17H2,1H3. The topological polar surface area (TPSA) is 66.4 Å². The first-order chi connectivity index (χ1) is 13.3. The van der Waals surface area contributed by atoms with Gasteiger partial charge in [-0.1, -0.05) is 30.3 Å². The van der Waals surface area contributed by atoms with Gasteiger partial charge in [-0.2, -0.15) is 0 Å². The van der Waals surface area contributed by atoms with E-state index in [1.807, 2.05) is 55.5 Å². The number of aryl methyl sites for hydroxylation is 1. The number of para-hydroxylation sites is 3. The van der Waals surface area contributed by atoms with Crippen molar-refractivity contribution in [1.82, 2.24) is 0 Å². The van der Waals surface area contributed by atoms with E-state index in [1.165, 1.54) is 0 Å². The number of aliphatic hydroxyl groups is 1. The Labute approximate surface area is 160 Å². The van der Waals surface area contributed by atoms with Crippen LogP contribution in [0, 0.1) is 6.92 Å². The fourth-order valence-electron chi connectivity index (χ4n) is 2.31. The zero-order valence-corrected chi connectivity index (χ0v) is 15.8. The minimum absolute atomic E-state index is 0.00962. The maximum absolute atomic E-state index is 8.67. The quantitative estimate of drug-likeness (QED) is 0.512. The summed E-state index contributed by atoms with van der Waals surface area (Å²) in [7, 11) is 0. The van der Waals surface area contributed by atoms with E-state index in [9.17, 15) is 0 Å². The molecule has 0 amide bonds. The van der Waals surface area contributed by atoms with Crippen molar-refractivity contribution in [2.45, 2.75) is 6.92 Å². The Balaban J connectivity index is 1.59. The van der Waals surface area contributed by atoms with Gasteiger partial charge in [0.25, 0.3) is 0 Å². The van der Waals surface area contributed by atoms with E-state index >= 15 is 0 Å². The van der Waals surface area contributed by atoms with Gasteiger partial charge in [-0.25, -0.2) is 0 Å². The summed E-state index contributed by atoms with van der Waals surface area (Å²) in [6.45, 7) is 5.03. The highest BCUT2D eigenvalue weighted by Gasteiger charge is 2.04. The van der Waals surface area contributed by atoms with Gasteiger partial charge < -0.3 is 28.8 Å². The molecule has 0 fully saturated rings. The summed E-state index contributed by atoms with van der Waals surface area (Å²) in [6, 6.07) is 15.4. The van der Waals surface area contributed by atoms with Gasteiger partial charge in [-0.15, -0.1) is 0 Å². The Hall–Kier alpha value is -2.28. The average molecular weight is 376 g/mol. The zero-order valence-electron chi connectivity index (χ0n) is 15.8. The fourth-order valence-corrected chi connectivity index (χ4v) is 2.31. The average Bonchev–Trinajstić information content (AvgIpc) is 2.69. The van der Waals surface area contributed by atoms with Crippen LogP contribution in [0.1, 0.15) is 5.56 Å². The molecule has 0 unspecified atom stereocenters. The molecule has 0 aromatic heterocycles. The molecular formula is C21H28O6. The summed E-state index contributed by atoms with van der Waals surface area (Å²) in [5.74, 6) is 2.21. The van der Waals surface area contributed by atoms with E-state index < -0.39 is 0 Å². The monoisotopic (exact) mass is 376 g/mol. The third-order valence-corrected chi connectivity index (χ3v) is 3.63. The third-order valence-electron chi connectivity index (χ3n) is 3.63. The van der Waals surface area contributed by atoms with Gasteiger partial charge in [-0.3, -0.25) is 0 Å². The predicted molar refractivity (Wildman–Crippen MR) is 103 cm³/mol. The third kappa shape index (κ3) is 8.30. The molecule has 2 rings (SSSR count). The van der Waals surface area contributed by atoms with Crippen molar-refractivity contribution in [3.63, 3.8) is 0 Å². The lowest BCUT2D eigenvalue weighted by Gasteiger charge is -2.13. The maximum atomic E-state index is 8.67. The fraction of sp³-hybridized carbons (Fsp3) is 0.429. The van der Waals surface area contributed by atoms with E-state index in [2.05, 4.69) is 0 Å². The summed E-state index contributed by atoms with van der Waals surface area (Å²) in [5, 5.41) is 8.67. The van der Waals surface area contributed by atoms with E-state index in [1.54, 1.807) is 0 Å². The van der Waals surface area contributed by atoms with Crippen LogP contribution >= 0.6 is 0 Å². The Morgan fingerprint density at radius 2 is 1.04 bits per heavy atom. The second kappa shape index (κ2) is 13.0. The van der Waals surface area contributed by atoms with Gasteiger partial charge in [0.15, 0.2) is 11.5 Å². The Bertz CT molecular complexity index is 646. The van der Waals surface area contributed by atoms with Crippen molar-refractivity contribution in [2.24, 2.45) is 0 Å². The molecule has 2 aromatic carbocycles. The van der Waals surface area contributed by atoms with Crippen LogP contribution in [-0.2, 0) is 9.47 Å². The minimum atomic E-state index is 0.00962. The van der Waals surface area contributed by atoms with Crippen LogP contribution in [0.2, 0.25) is 0 Å². The number of aliphatic hydroxyl groups excluding tert-OH is 1. The molecular weight excluding hydrogens is 348 g/mol. The number of hydrogen-bond donors (Lipinski definition) is 1. The number of ether oxygens (including phenoxy) is 5. The Morgan fingerprint density at radius 3 is 1.56 bits per heavy atom. The van der Waals surface area contributed by atoms with Crippen molar-refractivity contribution in [3.05, 3.63) is 54.1 Å². The molecule has 6 nitrogen and oxygen atoms in total. The van der Waals surface area contributed by atoms with Crippen LogP contribution in [0.5, 0.6) is 17.2 Å². The normalized spacial score (nSPS) is 10.6. The highest BCUT2D eigenvalue weighted by molar-refractivity contribution is 5.39. The van der Waals surface area contributed by atoms with Crippen LogP contribution in [0.3, 0.4) is 0 Å². The first kappa shape index (κ1) is 21.0. The molecule has 0 saturated carbocycles. The molecule has 0 atom stereocenters. The summed E-state index contributed by atoms with van der Waals surface area (Å²) < 4.78 is 27.8. The molecule has 2 aromatic rings. The molecule has 1 N–H and O–H groups in total. The highest BCUT2D eigenvalue weighted by Crippen LogP contribution is 2.26. The molecule has 0 spiro atoms. The molecule has 0 saturated heterocycles. The molecule has 0 heterocycles. The van der Waals surface area contributed by atoms with Gasteiger partial charge in [0, 0.05) is 0 Å². The van der Waals surface area contributed by atoms with Crippen LogP contribution < -0.4 is 14.2 Å². The molecule has 0 aliphatic heterocycles. The van der Waals surface area contributed by atoms with Crippen molar-refractivity contribution >= 4 is 0 Å². The van der Waals surface area contributed by atoms with Crippen molar-refractivity contribution in [1.29, 1.82) is 0 Å². The summed E-state index contributed by atoms with van der Waals surface area (Å²) >= 11 is 0. The molecule has 6 heteroatoms. The molecule has 0 radical (unpaired) electrons. The Morgan fingerprint density at radius 1 is 0.593 bits per heavy atom. The molecule has 0 aliphatic carbocycles. The summed E-state index contributed by atoms with van der Waals surface area (Å²) in [4.78, 5) is 0. The Kier molecular flexibility index (Phi) is 10.1. The highest BCUT2D eigenvalue weighted by atomic mass is 16.6. The molecule has 148 valence electrons. The van der Waals surface area contributed by atoms with Crippen molar-refractivity contribution < 1.29 is 28.8 Å². The van der Waals surface area contributed by atoms with E-state index in [0.717, 1.165) is 11.3 Å². The lowest BCUT2D eigenvalue weighted by molar-refractivity contribution is 0.0664. The minimum Gasteiger partial charge on any atom is -0.491 e. The van der Waals surface area contributed by atoms with Crippen LogP contribution in [0.15, 0.2) is 48.5 Å². The van der Waals surface area contributed by atoms with E-state index in [-0.39, 0.29) is 6.61 Å². The zero-order chi connectivity index (χ0) is 19.2. The second-order valence-corrected chi connectivity index (χ2v) is 5.71. The lowest BCUT2D eigenvalue weighted by atomic mass is 10.2. The SMILES string of the molecule is Cc1ccccc1OCCOCCOc1ccccc1OCCOCCO. The van der Waals surface area contributed by atoms with Crippen LogP contribution in [0.25, 0.3) is 0 Å². The second-order valence-electron chi connectivity index (χ2n) is 5.71. The van der Waals surface area contributed by atoms with Crippen LogP contribution in [0.4, 0.5) is 0 Å². The van der Waals surface area contributed by atoms with Gasteiger partial charge in [-0.05, 0) is 30.7 Å². The van der Waals surface area contributed by atoms with Gasteiger partial charge in [0.1, 0.15) is 25.6 Å². The first-order valence-electron chi connectivity index (χ1n) is 9.10. The van der Waals surface area contributed by atoms with E-state index in [4.69, 9.17) is 28.8 Å². The summed E-state index contributed by atoms with van der Waals surface area (Å²) in [5.41, 5.74) is 1.11. The smallest absolute Gasteiger partial charge is 0.161 e. The lowest BCUT2D eigenvalue weighted by Crippen LogP contribution is -2.13.